The molecule has 0 saturated heterocycles. The molecule has 24 heavy (non-hydrogen) atoms. The van der Waals surface area contributed by atoms with E-state index >= 15 is 0 Å². The first kappa shape index (κ1) is 16.7. The summed E-state index contributed by atoms with van der Waals surface area (Å²) in [7, 11) is 0.883. The van der Waals surface area contributed by atoms with E-state index < -0.39 is 10.2 Å². The first-order chi connectivity index (χ1) is 11.4. The van der Waals surface area contributed by atoms with Crippen molar-refractivity contribution in [2.24, 2.45) is 0 Å². The molecule has 3 rings (SSSR count). The van der Waals surface area contributed by atoms with Gasteiger partial charge in [0.05, 0.1) is 0 Å². The van der Waals surface area contributed by atoms with Crippen LogP contribution in [0.2, 0.25) is 0 Å². The van der Waals surface area contributed by atoms with Crippen LogP contribution in [0.5, 0.6) is 0 Å². The minimum Gasteiger partial charge on any atom is -0.345 e. The van der Waals surface area contributed by atoms with Crippen molar-refractivity contribution >= 4 is 15.9 Å². The van der Waals surface area contributed by atoms with E-state index in [2.05, 4.69) is 97.4 Å². The molecule has 2 heterocycles. The van der Waals surface area contributed by atoms with Crippen molar-refractivity contribution in [1.82, 2.24) is 4.31 Å². The fourth-order valence-electron chi connectivity index (χ4n) is 3.25. The number of nitrogens with zero attached hydrogens (tertiary/aromatic N) is 2. The zero-order valence-electron chi connectivity index (χ0n) is 15.0. The summed E-state index contributed by atoms with van der Waals surface area (Å²) in [4.78, 5) is 3.55. The predicted octanol–water partition coefficient (Wildman–Crippen LogP) is 5.83. The Hall–Kier alpha value is -2.13. The molecule has 2 aliphatic heterocycles. The fourth-order valence-corrected chi connectivity index (χ4v) is 6.50. The van der Waals surface area contributed by atoms with Crippen LogP contribution in [0.1, 0.15) is 19.4 Å². The number of likely N-dealkylation sites (N-methyl/N-ethyl adjacent to an activating group) is 2. The van der Waals surface area contributed by atoms with Gasteiger partial charge in [0.2, 0.25) is 0 Å². The van der Waals surface area contributed by atoms with Crippen LogP contribution in [-0.2, 0) is 0 Å². The third-order valence-electron chi connectivity index (χ3n) is 4.78. The Morgan fingerprint density at radius 2 is 1.88 bits per heavy atom. The second-order valence-electron chi connectivity index (χ2n) is 6.33. The Morgan fingerprint density at radius 3 is 2.50 bits per heavy atom. The molecule has 0 radical (unpaired) electrons. The molecule has 0 amide bonds. The number of anilines is 1. The number of rotatable bonds is 4. The summed E-state index contributed by atoms with van der Waals surface area (Å²) in [5, 5.41) is 4.75. The highest BCUT2D eigenvalue weighted by atomic mass is 32.3. The van der Waals surface area contributed by atoms with E-state index in [9.17, 15) is 0 Å². The Kier molecular flexibility index (Phi) is 4.22. The van der Waals surface area contributed by atoms with Crippen molar-refractivity contribution in [3.05, 3.63) is 87.8 Å². The van der Waals surface area contributed by atoms with Gasteiger partial charge in [0.25, 0.3) is 0 Å². The molecule has 0 bridgehead atoms. The van der Waals surface area contributed by atoms with E-state index in [1.165, 1.54) is 16.0 Å². The summed E-state index contributed by atoms with van der Waals surface area (Å²) in [5.74, 6) is 0. The molecule has 3 heteroatoms. The zero-order chi connectivity index (χ0) is 17.5. The van der Waals surface area contributed by atoms with Gasteiger partial charge < -0.3 is 9.21 Å². The van der Waals surface area contributed by atoms with Crippen LogP contribution >= 0.6 is 10.2 Å². The van der Waals surface area contributed by atoms with Gasteiger partial charge in [-0.1, -0.05) is 30.9 Å². The van der Waals surface area contributed by atoms with Gasteiger partial charge in [-0.05, 0) is 60.8 Å². The van der Waals surface area contributed by atoms with Gasteiger partial charge in [0, 0.05) is 36.2 Å². The van der Waals surface area contributed by atoms with Crippen LogP contribution in [0.3, 0.4) is 0 Å². The lowest BCUT2D eigenvalue weighted by Crippen LogP contribution is -2.19. The SMILES string of the molecule is C=C(C1=CS2(C=C1)C(C)=CC(=C)N2CC)N(C)c1ccc(C)cc1. The monoisotopic (exact) mass is 338 g/mol. The highest BCUT2D eigenvalue weighted by molar-refractivity contribution is 8.40. The first-order valence-electron chi connectivity index (χ1n) is 8.27. The zero-order valence-corrected chi connectivity index (χ0v) is 15.9. The van der Waals surface area contributed by atoms with E-state index in [1.807, 2.05) is 0 Å². The van der Waals surface area contributed by atoms with Crippen LogP contribution in [-0.4, -0.2) is 17.9 Å². The Bertz CT molecular complexity index is 783. The summed E-state index contributed by atoms with van der Waals surface area (Å²) in [6.45, 7) is 16.0. The minimum absolute atomic E-state index is 0.969. The third-order valence-corrected chi connectivity index (χ3v) is 8.31. The lowest BCUT2D eigenvalue weighted by Gasteiger charge is -2.40. The Labute approximate surface area is 147 Å². The highest BCUT2D eigenvalue weighted by Gasteiger charge is 2.36. The van der Waals surface area contributed by atoms with Gasteiger partial charge in [0.15, 0.2) is 0 Å². The van der Waals surface area contributed by atoms with E-state index in [0.29, 0.717) is 0 Å². The van der Waals surface area contributed by atoms with Crippen molar-refractivity contribution in [3.8, 4) is 0 Å². The maximum absolute atomic E-state index is 4.34. The predicted molar refractivity (Wildman–Crippen MR) is 109 cm³/mol. The molecule has 0 fully saturated rings. The standard InChI is InChI=1S/C21H26N2S/c1-7-23-17(3)14-18(4)24(23)13-12-20(15-24)19(5)22(6)21-10-8-16(2)9-11-21/h8-15H,3,5,7H2,1-2,4,6H3. The molecule has 1 aromatic carbocycles. The van der Waals surface area contributed by atoms with Crippen LogP contribution < -0.4 is 4.90 Å². The maximum atomic E-state index is 4.34. The number of benzene rings is 1. The quantitative estimate of drug-likeness (QED) is 0.681. The Balaban J connectivity index is 1.90. The van der Waals surface area contributed by atoms with E-state index in [0.717, 1.165) is 23.6 Å². The van der Waals surface area contributed by atoms with Gasteiger partial charge in [-0.15, -0.1) is 10.2 Å². The van der Waals surface area contributed by atoms with Crippen LogP contribution in [0, 0.1) is 6.92 Å². The Morgan fingerprint density at radius 1 is 1.21 bits per heavy atom. The molecule has 0 aliphatic carbocycles. The van der Waals surface area contributed by atoms with Gasteiger partial charge in [-0.3, -0.25) is 0 Å². The first-order valence-corrected chi connectivity index (χ1v) is 9.98. The van der Waals surface area contributed by atoms with E-state index in [4.69, 9.17) is 0 Å². The second kappa shape index (κ2) is 6.06. The fraction of sp³-hybridized carbons (Fsp3) is 0.238. The molecule has 1 atom stereocenters. The lowest BCUT2D eigenvalue weighted by molar-refractivity contribution is 0.628. The van der Waals surface area contributed by atoms with Gasteiger partial charge >= 0.3 is 0 Å². The molecule has 0 N–H and O–H groups in total. The summed E-state index contributed by atoms with van der Waals surface area (Å²) < 4.78 is 2.42. The maximum Gasteiger partial charge on any atom is 0.0414 e. The second-order valence-corrected chi connectivity index (χ2v) is 9.27. The summed E-state index contributed by atoms with van der Waals surface area (Å²) in [5.41, 5.74) is 5.77. The molecule has 1 spiro atoms. The molecular formula is C21H26N2S. The largest absolute Gasteiger partial charge is 0.345 e. The molecule has 126 valence electrons. The van der Waals surface area contributed by atoms with Crippen LogP contribution in [0.15, 0.2) is 82.3 Å². The van der Waals surface area contributed by atoms with Crippen LogP contribution in [0.25, 0.3) is 0 Å². The molecular weight excluding hydrogens is 312 g/mol. The summed E-state index contributed by atoms with van der Waals surface area (Å²) in [6, 6.07) is 8.56. The van der Waals surface area contributed by atoms with Gasteiger partial charge in [-0.2, -0.15) is 0 Å². The molecule has 2 aliphatic rings. The van der Waals surface area contributed by atoms with Crippen molar-refractivity contribution in [2.75, 3.05) is 18.5 Å². The average Bonchev–Trinajstić information content (AvgIpc) is 3.10. The number of aryl methyl sites for hydroxylation is 1. The number of hydrogen-bond donors (Lipinski definition) is 0. The van der Waals surface area contributed by atoms with Gasteiger partial charge in [-0.25, -0.2) is 0 Å². The average molecular weight is 339 g/mol. The van der Waals surface area contributed by atoms with Crippen molar-refractivity contribution in [3.63, 3.8) is 0 Å². The molecule has 1 aromatic rings. The third kappa shape index (κ3) is 2.53. The van der Waals surface area contributed by atoms with E-state index in [-0.39, 0.29) is 0 Å². The van der Waals surface area contributed by atoms with Crippen LogP contribution in [0.4, 0.5) is 5.69 Å². The molecule has 2 nitrogen and oxygen atoms in total. The van der Waals surface area contributed by atoms with E-state index in [1.54, 1.807) is 0 Å². The lowest BCUT2D eigenvalue weighted by atomic mass is 10.1. The van der Waals surface area contributed by atoms with Crippen molar-refractivity contribution in [2.45, 2.75) is 20.8 Å². The molecule has 0 aromatic heterocycles. The number of allylic oxidation sites excluding steroid dienone is 3. The smallest absolute Gasteiger partial charge is 0.0414 e. The molecule has 0 saturated carbocycles. The van der Waals surface area contributed by atoms with Crippen molar-refractivity contribution < 1.29 is 0 Å². The van der Waals surface area contributed by atoms with Crippen molar-refractivity contribution in [1.29, 1.82) is 0 Å². The normalized spacial score (nSPS) is 24.8. The summed E-state index contributed by atoms with van der Waals surface area (Å²) in [6.07, 6.45) is 4.44. The highest BCUT2D eigenvalue weighted by Crippen LogP contribution is 2.69. The number of hydrogen-bond acceptors (Lipinski definition) is 2. The molecule has 1 unspecified atom stereocenters. The van der Waals surface area contributed by atoms with Gasteiger partial charge in [0.1, 0.15) is 0 Å². The summed E-state index contributed by atoms with van der Waals surface area (Å²) >= 11 is 0. The minimum atomic E-state index is -1.20. The topological polar surface area (TPSA) is 6.48 Å².